The third-order valence-electron chi connectivity index (χ3n) is 3.99. The maximum Gasteiger partial charge on any atom is 0.268 e. The van der Waals surface area contributed by atoms with Crippen molar-refractivity contribution in [3.63, 3.8) is 0 Å². The van der Waals surface area contributed by atoms with Gasteiger partial charge in [-0.15, -0.1) is 0 Å². The van der Waals surface area contributed by atoms with Crippen molar-refractivity contribution in [3.8, 4) is 11.1 Å². The van der Waals surface area contributed by atoms with Gasteiger partial charge in [0, 0.05) is 36.0 Å². The molecule has 0 aliphatic rings. The molecule has 0 saturated heterocycles. The Morgan fingerprint density at radius 2 is 1.62 bits per heavy atom. The number of fused-ring (bicyclic) bond motifs is 1. The van der Waals surface area contributed by atoms with E-state index in [4.69, 9.17) is 0 Å². The van der Waals surface area contributed by atoms with E-state index in [9.17, 15) is 8.42 Å². The normalized spacial score (nSPS) is 11.9. The molecule has 120 valence electrons. The van der Waals surface area contributed by atoms with Crippen LogP contribution in [0.15, 0.2) is 78.1 Å². The van der Waals surface area contributed by atoms with Crippen LogP contribution in [0, 0.1) is 0 Å². The van der Waals surface area contributed by atoms with Crippen LogP contribution in [0.3, 0.4) is 0 Å². The first-order chi connectivity index (χ1) is 11.6. The van der Waals surface area contributed by atoms with Gasteiger partial charge in [0.15, 0.2) is 0 Å². The van der Waals surface area contributed by atoms with Gasteiger partial charge in [-0.05, 0) is 18.2 Å². The van der Waals surface area contributed by atoms with E-state index in [-0.39, 0.29) is 4.90 Å². The van der Waals surface area contributed by atoms with Crippen LogP contribution in [0.1, 0.15) is 0 Å². The number of benzene rings is 2. The quantitative estimate of drug-likeness (QED) is 0.576. The van der Waals surface area contributed by atoms with Crippen LogP contribution in [0.4, 0.5) is 0 Å². The Kier molecular flexibility index (Phi) is 3.28. The van der Waals surface area contributed by atoms with Gasteiger partial charge >= 0.3 is 0 Å². The van der Waals surface area contributed by atoms with Gasteiger partial charge in [-0.2, -0.15) is 5.10 Å². The van der Waals surface area contributed by atoms with Crippen molar-refractivity contribution >= 4 is 20.9 Å². The maximum absolute atomic E-state index is 13.0. The minimum Gasteiger partial charge on any atom is -0.275 e. The van der Waals surface area contributed by atoms with Crippen LogP contribution in [-0.2, 0) is 17.1 Å². The van der Waals surface area contributed by atoms with Crippen molar-refractivity contribution in [2.24, 2.45) is 7.05 Å². The van der Waals surface area contributed by atoms with Crippen molar-refractivity contribution in [2.45, 2.75) is 4.90 Å². The average molecular weight is 337 g/mol. The molecular formula is C18H15N3O2S. The molecule has 0 bridgehead atoms. The van der Waals surface area contributed by atoms with Gasteiger partial charge in [0.2, 0.25) is 0 Å². The van der Waals surface area contributed by atoms with Gasteiger partial charge in [0.1, 0.15) is 0 Å². The Morgan fingerprint density at radius 3 is 2.33 bits per heavy atom. The molecule has 5 nitrogen and oxygen atoms in total. The molecule has 4 rings (SSSR count). The van der Waals surface area contributed by atoms with E-state index >= 15 is 0 Å². The Bertz CT molecular complexity index is 1130. The summed E-state index contributed by atoms with van der Waals surface area (Å²) in [4.78, 5) is 0.267. The fourth-order valence-electron chi connectivity index (χ4n) is 2.85. The number of hydrogen-bond donors (Lipinski definition) is 0. The lowest BCUT2D eigenvalue weighted by atomic mass is 10.1. The highest BCUT2D eigenvalue weighted by atomic mass is 32.2. The van der Waals surface area contributed by atoms with Gasteiger partial charge in [0.05, 0.1) is 16.6 Å². The standard InChI is InChI=1S/C18H15N3O2S/c1-20-12-14(11-19-20)17-13-21(18-10-6-5-9-16(17)18)24(22,23)15-7-3-2-4-8-15/h2-13H,1H3. The van der Waals surface area contributed by atoms with E-state index in [0.29, 0.717) is 5.52 Å². The number of rotatable bonds is 3. The van der Waals surface area contributed by atoms with E-state index in [1.807, 2.05) is 37.5 Å². The van der Waals surface area contributed by atoms with Crippen molar-refractivity contribution < 1.29 is 8.42 Å². The van der Waals surface area contributed by atoms with Crippen LogP contribution in [0.5, 0.6) is 0 Å². The minimum atomic E-state index is -3.66. The Labute approximate surface area is 139 Å². The van der Waals surface area contributed by atoms with Crippen LogP contribution in [0.25, 0.3) is 22.0 Å². The van der Waals surface area contributed by atoms with Gasteiger partial charge in [-0.1, -0.05) is 36.4 Å². The maximum atomic E-state index is 13.0. The van der Waals surface area contributed by atoms with Crippen molar-refractivity contribution in [1.82, 2.24) is 13.8 Å². The van der Waals surface area contributed by atoms with Crippen LogP contribution < -0.4 is 0 Å². The lowest BCUT2D eigenvalue weighted by molar-refractivity contribution is 0.589. The third kappa shape index (κ3) is 2.23. The number of para-hydroxylation sites is 1. The first-order valence-corrected chi connectivity index (χ1v) is 8.91. The molecule has 2 heterocycles. The topological polar surface area (TPSA) is 56.9 Å². The molecule has 6 heteroatoms. The summed E-state index contributed by atoms with van der Waals surface area (Å²) < 4.78 is 29.1. The zero-order valence-corrected chi connectivity index (χ0v) is 13.8. The molecule has 0 saturated carbocycles. The van der Waals surface area contributed by atoms with E-state index in [1.54, 1.807) is 47.4 Å². The highest BCUT2D eigenvalue weighted by Gasteiger charge is 2.21. The lowest BCUT2D eigenvalue weighted by Crippen LogP contribution is -2.11. The molecular weight excluding hydrogens is 322 g/mol. The molecule has 0 amide bonds. The van der Waals surface area contributed by atoms with Crippen molar-refractivity contribution in [3.05, 3.63) is 73.2 Å². The number of hydrogen-bond acceptors (Lipinski definition) is 3. The van der Waals surface area contributed by atoms with Gasteiger partial charge in [-0.3, -0.25) is 4.68 Å². The smallest absolute Gasteiger partial charge is 0.268 e. The second kappa shape index (κ2) is 5.35. The van der Waals surface area contributed by atoms with Crippen LogP contribution >= 0.6 is 0 Å². The van der Waals surface area contributed by atoms with Crippen molar-refractivity contribution in [1.29, 1.82) is 0 Å². The summed E-state index contributed by atoms with van der Waals surface area (Å²) in [7, 11) is -1.82. The SMILES string of the molecule is Cn1cc(-c2cn(S(=O)(=O)c3ccccc3)c3ccccc23)cn1. The molecule has 4 aromatic rings. The first-order valence-electron chi connectivity index (χ1n) is 7.47. The monoisotopic (exact) mass is 337 g/mol. The van der Waals surface area contributed by atoms with E-state index in [2.05, 4.69) is 5.10 Å². The summed E-state index contributed by atoms with van der Waals surface area (Å²) >= 11 is 0. The molecule has 2 aromatic heterocycles. The number of aromatic nitrogens is 3. The third-order valence-corrected chi connectivity index (χ3v) is 5.68. The molecule has 0 fully saturated rings. The summed E-state index contributed by atoms with van der Waals surface area (Å²) in [6.45, 7) is 0. The van der Waals surface area contributed by atoms with E-state index in [1.165, 1.54) is 3.97 Å². The molecule has 2 aromatic carbocycles. The zero-order valence-electron chi connectivity index (χ0n) is 13.0. The molecule has 0 atom stereocenters. The molecule has 0 radical (unpaired) electrons. The minimum absolute atomic E-state index is 0.267. The molecule has 0 N–H and O–H groups in total. The van der Waals surface area contributed by atoms with Gasteiger partial charge in [0.25, 0.3) is 10.0 Å². The highest BCUT2D eigenvalue weighted by Crippen LogP contribution is 2.32. The first kappa shape index (κ1) is 14.7. The van der Waals surface area contributed by atoms with E-state index in [0.717, 1.165) is 16.5 Å². The van der Waals surface area contributed by atoms with Gasteiger partial charge < -0.3 is 0 Å². The van der Waals surface area contributed by atoms with Crippen LogP contribution in [-0.4, -0.2) is 22.2 Å². The summed E-state index contributed by atoms with van der Waals surface area (Å²) in [6.07, 6.45) is 5.28. The predicted octanol–water partition coefficient (Wildman–Crippen LogP) is 3.28. The summed E-state index contributed by atoms with van der Waals surface area (Å²) in [6, 6.07) is 15.9. The Morgan fingerprint density at radius 1 is 0.917 bits per heavy atom. The van der Waals surface area contributed by atoms with Crippen molar-refractivity contribution in [2.75, 3.05) is 0 Å². The predicted molar refractivity (Wildman–Crippen MR) is 93.2 cm³/mol. The molecule has 0 aliphatic carbocycles. The molecule has 0 spiro atoms. The van der Waals surface area contributed by atoms with E-state index < -0.39 is 10.0 Å². The highest BCUT2D eigenvalue weighted by molar-refractivity contribution is 7.90. The second-order valence-corrected chi connectivity index (χ2v) is 7.39. The average Bonchev–Trinajstić information content (AvgIpc) is 3.19. The lowest BCUT2D eigenvalue weighted by Gasteiger charge is -2.07. The largest absolute Gasteiger partial charge is 0.275 e. The van der Waals surface area contributed by atoms with Gasteiger partial charge in [-0.25, -0.2) is 12.4 Å². The summed E-state index contributed by atoms with van der Waals surface area (Å²) in [5.41, 5.74) is 2.38. The summed E-state index contributed by atoms with van der Waals surface area (Å²) in [5.74, 6) is 0. The fourth-order valence-corrected chi connectivity index (χ4v) is 4.24. The number of aryl methyl sites for hydroxylation is 1. The summed E-state index contributed by atoms with van der Waals surface area (Å²) in [5, 5.41) is 5.07. The Hall–Kier alpha value is -2.86. The fraction of sp³-hybridized carbons (Fsp3) is 0.0556. The molecule has 0 unspecified atom stereocenters. The molecule has 0 aliphatic heterocycles. The number of nitrogens with zero attached hydrogens (tertiary/aromatic N) is 3. The zero-order chi connectivity index (χ0) is 16.7. The molecule has 24 heavy (non-hydrogen) atoms. The van der Waals surface area contributed by atoms with Crippen LogP contribution in [0.2, 0.25) is 0 Å². The second-order valence-electron chi connectivity index (χ2n) is 5.58. The Balaban J connectivity index is 2.01.